The molecule has 0 saturated carbocycles. The second-order valence-electron chi connectivity index (χ2n) is 6.23. The van der Waals surface area contributed by atoms with Crippen LogP contribution in [-0.2, 0) is 0 Å². The highest BCUT2D eigenvalue weighted by Gasteiger charge is 2.26. The van der Waals surface area contributed by atoms with Crippen molar-refractivity contribution in [1.82, 2.24) is 4.98 Å². The highest BCUT2D eigenvalue weighted by atomic mass is 32.1. The number of thiazole rings is 1. The summed E-state index contributed by atoms with van der Waals surface area (Å²) in [6.45, 7) is 1.98. The van der Waals surface area contributed by atoms with E-state index in [-0.39, 0.29) is 5.91 Å². The van der Waals surface area contributed by atoms with Crippen molar-refractivity contribution in [3.63, 3.8) is 0 Å². The summed E-state index contributed by atoms with van der Waals surface area (Å²) >= 11 is 1.54. The smallest absolute Gasteiger partial charge is 0.257 e. The van der Waals surface area contributed by atoms with Crippen molar-refractivity contribution in [2.45, 2.75) is 6.92 Å². The average Bonchev–Trinajstić information content (AvgIpc) is 3.15. The first kappa shape index (κ1) is 14.4. The minimum absolute atomic E-state index is 0.123. The predicted octanol–water partition coefficient (Wildman–Crippen LogP) is 5.50. The molecule has 0 spiro atoms. The first-order valence-electron chi connectivity index (χ1n) is 8.12. The number of amides is 1. The molecule has 4 heteroatoms. The largest absolute Gasteiger partial charge is 0.298 e. The van der Waals surface area contributed by atoms with Gasteiger partial charge in [-0.1, -0.05) is 65.4 Å². The number of aryl methyl sites for hydroxylation is 1. The van der Waals surface area contributed by atoms with E-state index in [0.717, 1.165) is 21.7 Å². The number of hydrogen-bond acceptors (Lipinski definition) is 3. The molecule has 1 aliphatic carbocycles. The third-order valence-electron chi connectivity index (χ3n) is 4.53. The zero-order chi connectivity index (χ0) is 17.0. The minimum Gasteiger partial charge on any atom is -0.298 e. The van der Waals surface area contributed by atoms with E-state index in [9.17, 15) is 4.79 Å². The Kier molecular flexibility index (Phi) is 3.02. The number of carbonyl (C=O) groups excluding carboxylic acids is 1. The third-order valence-corrected chi connectivity index (χ3v) is 5.54. The molecule has 5 rings (SSSR count). The summed E-state index contributed by atoms with van der Waals surface area (Å²) in [7, 11) is 0. The molecule has 0 radical (unpaired) electrons. The van der Waals surface area contributed by atoms with E-state index in [2.05, 4.69) is 41.7 Å². The van der Waals surface area contributed by atoms with Gasteiger partial charge in [0.2, 0.25) is 0 Å². The third kappa shape index (κ3) is 2.18. The summed E-state index contributed by atoms with van der Waals surface area (Å²) in [5, 5.41) is 6.07. The summed E-state index contributed by atoms with van der Waals surface area (Å²) in [6.07, 6.45) is 0. The molecule has 0 aliphatic heterocycles. The molecule has 25 heavy (non-hydrogen) atoms. The Morgan fingerprint density at radius 2 is 1.76 bits per heavy atom. The van der Waals surface area contributed by atoms with Gasteiger partial charge in [0.15, 0.2) is 5.13 Å². The van der Waals surface area contributed by atoms with E-state index in [1.807, 2.05) is 31.2 Å². The van der Waals surface area contributed by atoms with Gasteiger partial charge in [-0.15, -0.1) is 0 Å². The molecule has 1 heterocycles. The molecular weight excluding hydrogens is 328 g/mol. The van der Waals surface area contributed by atoms with Crippen LogP contribution in [0.15, 0.2) is 60.7 Å². The Labute approximate surface area is 149 Å². The van der Waals surface area contributed by atoms with Gasteiger partial charge in [0.1, 0.15) is 0 Å². The lowest BCUT2D eigenvalue weighted by molar-refractivity contribution is 0.102. The van der Waals surface area contributed by atoms with E-state index < -0.39 is 0 Å². The Morgan fingerprint density at radius 3 is 2.56 bits per heavy atom. The van der Waals surface area contributed by atoms with Crippen LogP contribution in [0, 0.1) is 6.92 Å². The molecule has 1 amide bonds. The summed E-state index contributed by atoms with van der Waals surface area (Å²) in [6, 6.07) is 20.2. The molecule has 0 bridgehead atoms. The Hall–Kier alpha value is -2.98. The van der Waals surface area contributed by atoms with Crippen LogP contribution in [0.3, 0.4) is 0 Å². The number of anilines is 1. The van der Waals surface area contributed by atoms with Crippen LogP contribution in [0.5, 0.6) is 0 Å². The quantitative estimate of drug-likeness (QED) is 0.460. The number of fused-ring (bicyclic) bond motifs is 3. The molecule has 0 atom stereocenters. The van der Waals surface area contributed by atoms with Crippen LogP contribution in [0.25, 0.3) is 32.5 Å². The molecule has 0 fully saturated rings. The fraction of sp³-hybridized carbons (Fsp3) is 0.0476. The van der Waals surface area contributed by atoms with Gasteiger partial charge in [-0.3, -0.25) is 10.1 Å². The lowest BCUT2D eigenvalue weighted by Gasteiger charge is -2.04. The first-order valence-corrected chi connectivity index (χ1v) is 8.94. The van der Waals surface area contributed by atoms with Crippen molar-refractivity contribution in [2.75, 3.05) is 5.32 Å². The second kappa shape index (κ2) is 5.26. The highest BCUT2D eigenvalue weighted by Crippen LogP contribution is 2.50. The fourth-order valence-electron chi connectivity index (χ4n) is 3.42. The van der Waals surface area contributed by atoms with Crippen LogP contribution >= 0.6 is 11.3 Å². The maximum absolute atomic E-state index is 12.5. The average molecular weight is 342 g/mol. The lowest BCUT2D eigenvalue weighted by atomic mass is 10.0. The number of benzene rings is 3. The van der Waals surface area contributed by atoms with Gasteiger partial charge in [-0.25, -0.2) is 4.98 Å². The molecule has 3 nitrogen and oxygen atoms in total. The SMILES string of the molecule is Cc1cccc(C(=O)Nc2nc3c(s2)-c2cccc4cccc-3c24)c1. The minimum atomic E-state index is -0.123. The van der Waals surface area contributed by atoms with Gasteiger partial charge in [0.25, 0.3) is 5.91 Å². The van der Waals surface area contributed by atoms with E-state index in [0.29, 0.717) is 10.7 Å². The Morgan fingerprint density at radius 1 is 1.00 bits per heavy atom. The van der Waals surface area contributed by atoms with Crippen LogP contribution in [0.1, 0.15) is 15.9 Å². The van der Waals surface area contributed by atoms with E-state index >= 15 is 0 Å². The van der Waals surface area contributed by atoms with Crippen molar-refractivity contribution in [1.29, 1.82) is 0 Å². The number of carbonyl (C=O) groups is 1. The molecule has 0 unspecified atom stereocenters. The van der Waals surface area contributed by atoms with Gasteiger partial charge in [0, 0.05) is 16.7 Å². The number of nitrogens with zero attached hydrogens (tertiary/aromatic N) is 1. The number of rotatable bonds is 2. The van der Waals surface area contributed by atoms with Gasteiger partial charge in [0.05, 0.1) is 10.6 Å². The molecule has 4 aromatic rings. The van der Waals surface area contributed by atoms with Gasteiger partial charge in [-0.2, -0.15) is 0 Å². The van der Waals surface area contributed by atoms with E-state index in [4.69, 9.17) is 4.98 Å². The predicted molar refractivity (Wildman–Crippen MR) is 103 cm³/mol. The Bertz CT molecular complexity index is 1100. The zero-order valence-corrected chi connectivity index (χ0v) is 14.4. The summed E-state index contributed by atoms with van der Waals surface area (Å²) < 4.78 is 0. The van der Waals surface area contributed by atoms with Crippen LogP contribution in [0.4, 0.5) is 5.13 Å². The summed E-state index contributed by atoms with van der Waals surface area (Å²) in [5.41, 5.74) is 5.04. The monoisotopic (exact) mass is 342 g/mol. The van der Waals surface area contributed by atoms with Crippen LogP contribution < -0.4 is 5.32 Å². The molecule has 0 saturated heterocycles. The normalized spacial score (nSPS) is 11.6. The number of aromatic nitrogens is 1. The first-order chi connectivity index (χ1) is 12.2. The summed E-state index contributed by atoms with van der Waals surface area (Å²) in [5.74, 6) is -0.123. The van der Waals surface area contributed by atoms with Gasteiger partial charge >= 0.3 is 0 Å². The van der Waals surface area contributed by atoms with Gasteiger partial charge in [-0.05, 0) is 29.8 Å². The highest BCUT2D eigenvalue weighted by molar-refractivity contribution is 7.20. The van der Waals surface area contributed by atoms with Crippen molar-refractivity contribution in [2.24, 2.45) is 0 Å². The Balaban J connectivity index is 1.54. The lowest BCUT2D eigenvalue weighted by Crippen LogP contribution is -2.11. The second-order valence-corrected chi connectivity index (χ2v) is 7.23. The number of nitrogens with one attached hydrogen (secondary N) is 1. The van der Waals surface area contributed by atoms with Crippen molar-refractivity contribution >= 4 is 33.1 Å². The fourth-order valence-corrected chi connectivity index (χ4v) is 4.43. The van der Waals surface area contributed by atoms with Crippen LogP contribution in [-0.4, -0.2) is 10.9 Å². The zero-order valence-electron chi connectivity index (χ0n) is 13.5. The number of hydrogen-bond donors (Lipinski definition) is 1. The summed E-state index contributed by atoms with van der Waals surface area (Å²) in [4.78, 5) is 18.3. The molecule has 120 valence electrons. The molecule has 1 aromatic heterocycles. The van der Waals surface area contributed by atoms with Crippen molar-refractivity contribution < 1.29 is 4.79 Å². The maximum Gasteiger partial charge on any atom is 0.257 e. The van der Waals surface area contributed by atoms with Crippen molar-refractivity contribution in [3.8, 4) is 21.7 Å². The molecule has 1 aliphatic rings. The maximum atomic E-state index is 12.5. The van der Waals surface area contributed by atoms with Crippen molar-refractivity contribution in [3.05, 3.63) is 71.8 Å². The van der Waals surface area contributed by atoms with E-state index in [1.165, 1.54) is 27.7 Å². The van der Waals surface area contributed by atoms with Crippen LogP contribution in [0.2, 0.25) is 0 Å². The van der Waals surface area contributed by atoms with E-state index in [1.54, 1.807) is 0 Å². The van der Waals surface area contributed by atoms with Gasteiger partial charge < -0.3 is 0 Å². The molecular formula is C21H14N2OS. The topological polar surface area (TPSA) is 42.0 Å². The molecule has 1 N–H and O–H groups in total. The standard InChI is InChI=1S/C21H14N2OS/c1-12-5-2-8-14(11-12)20(24)23-21-22-18-15-9-3-6-13-7-4-10-16(17(13)15)19(18)25-21/h2-11H,1H3,(H,22,23,24). The molecule has 3 aromatic carbocycles.